The van der Waals surface area contributed by atoms with E-state index in [-0.39, 0.29) is 6.10 Å². The van der Waals surface area contributed by atoms with Crippen LogP contribution in [0.2, 0.25) is 0 Å². The molecule has 3 rings (SSSR count). The van der Waals surface area contributed by atoms with Crippen molar-refractivity contribution in [1.82, 2.24) is 14.9 Å². The molecular formula is C19H23N5O2. The summed E-state index contributed by atoms with van der Waals surface area (Å²) in [5, 5.41) is 9.65. The Bertz CT molecular complexity index is 837. The predicted molar refractivity (Wildman–Crippen MR) is 98.8 cm³/mol. The number of piperazine rings is 1. The second-order valence-electron chi connectivity index (χ2n) is 6.76. The number of rotatable bonds is 4. The molecule has 1 saturated heterocycles. The van der Waals surface area contributed by atoms with Gasteiger partial charge < -0.3 is 14.5 Å². The van der Waals surface area contributed by atoms with Gasteiger partial charge >= 0.3 is 5.97 Å². The van der Waals surface area contributed by atoms with Gasteiger partial charge in [0.2, 0.25) is 0 Å². The molecule has 0 amide bonds. The molecular weight excluding hydrogens is 330 g/mol. The van der Waals surface area contributed by atoms with Gasteiger partial charge in [-0.2, -0.15) is 5.26 Å². The number of nitriles is 1. The zero-order valence-corrected chi connectivity index (χ0v) is 15.3. The van der Waals surface area contributed by atoms with E-state index in [4.69, 9.17) is 9.72 Å². The van der Waals surface area contributed by atoms with E-state index in [0.717, 1.165) is 31.7 Å². The molecule has 0 unspecified atom stereocenters. The van der Waals surface area contributed by atoms with Gasteiger partial charge in [0.05, 0.1) is 23.2 Å². The molecule has 0 aliphatic carbocycles. The van der Waals surface area contributed by atoms with E-state index < -0.39 is 11.9 Å². The van der Waals surface area contributed by atoms with Gasteiger partial charge in [-0.05, 0) is 33.0 Å². The van der Waals surface area contributed by atoms with Gasteiger partial charge in [0.1, 0.15) is 5.69 Å². The highest BCUT2D eigenvalue weighted by atomic mass is 16.5. The second-order valence-corrected chi connectivity index (χ2v) is 6.76. The molecule has 1 aromatic carbocycles. The molecule has 0 bridgehead atoms. The number of benzene rings is 1. The Labute approximate surface area is 153 Å². The SMILES string of the molecule is CC(C)OC(=O)[C@@H](C#N)c1nc2ccccc2nc1N1CCN(C)CC1. The maximum atomic E-state index is 12.5. The average Bonchev–Trinajstić information content (AvgIpc) is 2.62. The minimum absolute atomic E-state index is 0.293. The van der Waals surface area contributed by atoms with Crippen LogP contribution in [0.1, 0.15) is 25.5 Å². The molecule has 136 valence electrons. The molecule has 7 heteroatoms. The highest BCUT2D eigenvalue weighted by molar-refractivity contribution is 5.85. The van der Waals surface area contributed by atoms with Crippen LogP contribution in [0.4, 0.5) is 5.82 Å². The van der Waals surface area contributed by atoms with Crippen molar-refractivity contribution in [3.63, 3.8) is 0 Å². The number of aromatic nitrogens is 2. The van der Waals surface area contributed by atoms with Crippen molar-refractivity contribution < 1.29 is 9.53 Å². The van der Waals surface area contributed by atoms with Crippen molar-refractivity contribution in [1.29, 1.82) is 5.26 Å². The Morgan fingerprint density at radius 2 is 1.77 bits per heavy atom. The van der Waals surface area contributed by atoms with E-state index in [1.165, 1.54) is 0 Å². The summed E-state index contributed by atoms with van der Waals surface area (Å²) in [6.07, 6.45) is -0.293. The number of nitrogens with zero attached hydrogens (tertiary/aromatic N) is 5. The predicted octanol–water partition coefficient (Wildman–Crippen LogP) is 1.94. The highest BCUT2D eigenvalue weighted by Crippen LogP contribution is 2.28. The number of esters is 1. The molecule has 26 heavy (non-hydrogen) atoms. The van der Waals surface area contributed by atoms with Gasteiger partial charge in [-0.3, -0.25) is 4.79 Å². The van der Waals surface area contributed by atoms with Crippen LogP contribution in [-0.4, -0.2) is 60.2 Å². The number of anilines is 1. The smallest absolute Gasteiger partial charge is 0.329 e. The van der Waals surface area contributed by atoms with Crippen LogP contribution in [0.5, 0.6) is 0 Å². The number of carbonyl (C=O) groups is 1. The maximum absolute atomic E-state index is 12.5. The van der Waals surface area contributed by atoms with E-state index in [1.54, 1.807) is 13.8 Å². The van der Waals surface area contributed by atoms with E-state index in [1.807, 2.05) is 24.3 Å². The van der Waals surface area contributed by atoms with Crippen LogP contribution in [0, 0.1) is 11.3 Å². The van der Waals surface area contributed by atoms with Crippen LogP contribution < -0.4 is 4.90 Å². The number of ether oxygens (including phenoxy) is 1. The summed E-state index contributed by atoms with van der Waals surface area (Å²) < 4.78 is 5.27. The van der Waals surface area contributed by atoms with E-state index in [9.17, 15) is 10.1 Å². The first-order valence-electron chi connectivity index (χ1n) is 8.80. The first kappa shape index (κ1) is 18.1. The summed E-state index contributed by atoms with van der Waals surface area (Å²) in [6.45, 7) is 6.85. The largest absolute Gasteiger partial charge is 0.462 e. The second kappa shape index (κ2) is 7.67. The van der Waals surface area contributed by atoms with Crippen LogP contribution >= 0.6 is 0 Å². The van der Waals surface area contributed by atoms with Gasteiger partial charge in [0, 0.05) is 26.2 Å². The van der Waals surface area contributed by atoms with E-state index >= 15 is 0 Å². The lowest BCUT2D eigenvalue weighted by atomic mass is 10.1. The van der Waals surface area contributed by atoms with Gasteiger partial charge in [0.15, 0.2) is 11.7 Å². The highest BCUT2D eigenvalue weighted by Gasteiger charge is 2.31. The van der Waals surface area contributed by atoms with Crippen molar-refractivity contribution in [2.45, 2.75) is 25.9 Å². The number of hydrogen-bond acceptors (Lipinski definition) is 7. The molecule has 2 aromatic rings. The molecule has 1 fully saturated rings. The summed E-state index contributed by atoms with van der Waals surface area (Å²) in [4.78, 5) is 26.2. The Morgan fingerprint density at radius 1 is 1.15 bits per heavy atom. The van der Waals surface area contributed by atoms with Gasteiger partial charge in [-0.15, -0.1) is 0 Å². The summed E-state index contributed by atoms with van der Waals surface area (Å²) >= 11 is 0. The van der Waals surface area contributed by atoms with Crippen molar-refractivity contribution in [3.05, 3.63) is 30.0 Å². The summed E-state index contributed by atoms with van der Waals surface area (Å²) in [7, 11) is 2.07. The van der Waals surface area contributed by atoms with Crippen molar-refractivity contribution in [3.8, 4) is 6.07 Å². The van der Waals surface area contributed by atoms with Crippen LogP contribution in [0.15, 0.2) is 24.3 Å². The average molecular weight is 353 g/mol. The van der Waals surface area contributed by atoms with Crippen LogP contribution in [0.3, 0.4) is 0 Å². The fraction of sp³-hybridized carbons (Fsp3) is 0.474. The monoisotopic (exact) mass is 353 g/mol. The lowest BCUT2D eigenvalue weighted by molar-refractivity contribution is -0.147. The lowest BCUT2D eigenvalue weighted by Gasteiger charge is -2.34. The first-order valence-corrected chi connectivity index (χ1v) is 8.80. The molecule has 0 spiro atoms. The van der Waals surface area contributed by atoms with Crippen molar-refractivity contribution in [2.24, 2.45) is 0 Å². The Hall–Kier alpha value is -2.72. The number of para-hydroxylation sites is 2. The van der Waals surface area contributed by atoms with Crippen LogP contribution in [-0.2, 0) is 9.53 Å². The topological polar surface area (TPSA) is 82.3 Å². The third-order valence-electron chi connectivity index (χ3n) is 4.37. The van der Waals surface area contributed by atoms with E-state index in [0.29, 0.717) is 17.0 Å². The minimum atomic E-state index is -1.09. The number of likely N-dealkylation sites (N-methyl/N-ethyl adjacent to an activating group) is 1. The number of carbonyl (C=O) groups excluding carboxylic acids is 1. The minimum Gasteiger partial charge on any atom is -0.462 e. The quantitative estimate of drug-likeness (QED) is 0.777. The van der Waals surface area contributed by atoms with E-state index in [2.05, 4.69) is 27.9 Å². The molecule has 0 saturated carbocycles. The molecule has 1 aliphatic rings. The summed E-state index contributed by atoms with van der Waals surface area (Å²) in [5.41, 5.74) is 1.79. The lowest BCUT2D eigenvalue weighted by Crippen LogP contribution is -2.45. The first-order chi connectivity index (χ1) is 12.5. The normalized spacial score (nSPS) is 16.5. The van der Waals surface area contributed by atoms with Crippen molar-refractivity contribution in [2.75, 3.05) is 38.1 Å². The standard InChI is InChI=1S/C19H23N5O2/c1-13(2)26-19(25)14(12-20)17-18(24-10-8-23(3)9-11-24)22-16-7-5-4-6-15(16)21-17/h4-7,13-14H,8-11H2,1-3H3/t14-/m0/s1. The third kappa shape index (κ3) is 3.75. The Balaban J connectivity index is 2.07. The van der Waals surface area contributed by atoms with Gasteiger partial charge in [0.25, 0.3) is 0 Å². The summed E-state index contributed by atoms with van der Waals surface area (Å²) in [5.74, 6) is -1.07. The number of hydrogen-bond donors (Lipinski definition) is 0. The Kier molecular flexibility index (Phi) is 5.33. The van der Waals surface area contributed by atoms with Crippen LogP contribution in [0.25, 0.3) is 11.0 Å². The Morgan fingerprint density at radius 3 is 2.35 bits per heavy atom. The zero-order chi connectivity index (χ0) is 18.7. The zero-order valence-electron chi connectivity index (χ0n) is 15.3. The molecule has 1 aromatic heterocycles. The summed E-state index contributed by atoms with van der Waals surface area (Å²) in [6, 6.07) is 9.55. The molecule has 1 aliphatic heterocycles. The fourth-order valence-electron chi connectivity index (χ4n) is 2.97. The van der Waals surface area contributed by atoms with Gasteiger partial charge in [-0.25, -0.2) is 9.97 Å². The molecule has 0 N–H and O–H groups in total. The molecule has 2 heterocycles. The molecule has 1 atom stereocenters. The fourth-order valence-corrected chi connectivity index (χ4v) is 2.97. The third-order valence-corrected chi connectivity index (χ3v) is 4.37. The van der Waals surface area contributed by atoms with Gasteiger partial charge in [-0.1, -0.05) is 12.1 Å². The van der Waals surface area contributed by atoms with Crippen molar-refractivity contribution >= 4 is 22.8 Å². The number of fused-ring (bicyclic) bond motifs is 1. The molecule has 7 nitrogen and oxygen atoms in total. The maximum Gasteiger partial charge on any atom is 0.329 e. The molecule has 0 radical (unpaired) electrons.